The zero-order valence-electron chi connectivity index (χ0n) is 11.0. The van der Waals surface area contributed by atoms with Gasteiger partial charge in [-0.1, -0.05) is 34.1 Å². The van der Waals surface area contributed by atoms with Gasteiger partial charge in [0.05, 0.1) is 0 Å². The van der Waals surface area contributed by atoms with Crippen molar-refractivity contribution in [3.8, 4) is 0 Å². The zero-order chi connectivity index (χ0) is 15.6. The van der Waals surface area contributed by atoms with Crippen molar-refractivity contribution in [2.24, 2.45) is 0 Å². The van der Waals surface area contributed by atoms with Gasteiger partial charge in [0.15, 0.2) is 0 Å². The van der Waals surface area contributed by atoms with Crippen LogP contribution in [0, 0.1) is 17.5 Å². The van der Waals surface area contributed by atoms with Crippen LogP contribution in [0.15, 0.2) is 36.4 Å². The van der Waals surface area contributed by atoms with Crippen LogP contribution in [-0.4, -0.2) is 5.91 Å². The van der Waals surface area contributed by atoms with Crippen LogP contribution in [0.5, 0.6) is 0 Å². The quantitative estimate of drug-likeness (QED) is 0.784. The molecule has 0 bridgehead atoms. The lowest BCUT2D eigenvalue weighted by molar-refractivity contribution is 0.101. The van der Waals surface area contributed by atoms with Crippen molar-refractivity contribution in [1.82, 2.24) is 0 Å². The molecular formula is C15H11BrF3NO. The number of hydrogen-bond acceptors (Lipinski definition) is 1. The average Bonchev–Trinajstić information content (AvgIpc) is 2.37. The van der Waals surface area contributed by atoms with E-state index in [4.69, 9.17) is 0 Å². The molecule has 0 aliphatic rings. The predicted octanol–water partition coefficient (Wildman–Crippen LogP) is 4.81. The largest absolute Gasteiger partial charge is 0.322 e. The van der Waals surface area contributed by atoms with Crippen LogP contribution < -0.4 is 5.32 Å². The SMILES string of the molecule is CC(Br)c1ccccc1NC(=O)c1c(F)cc(F)cc1F. The van der Waals surface area contributed by atoms with Crippen LogP contribution >= 0.6 is 15.9 Å². The van der Waals surface area contributed by atoms with E-state index in [0.717, 1.165) is 5.56 Å². The topological polar surface area (TPSA) is 29.1 Å². The number of benzene rings is 2. The number of carbonyl (C=O) groups excluding carboxylic acids is 1. The summed E-state index contributed by atoms with van der Waals surface area (Å²) in [6.45, 7) is 1.85. The molecule has 0 fully saturated rings. The van der Waals surface area contributed by atoms with Crippen molar-refractivity contribution in [3.63, 3.8) is 0 Å². The highest BCUT2D eigenvalue weighted by Gasteiger charge is 2.20. The van der Waals surface area contributed by atoms with E-state index >= 15 is 0 Å². The number of alkyl halides is 1. The van der Waals surface area contributed by atoms with E-state index in [1.54, 1.807) is 24.3 Å². The Balaban J connectivity index is 2.36. The molecule has 2 aromatic carbocycles. The van der Waals surface area contributed by atoms with Gasteiger partial charge in [-0.2, -0.15) is 0 Å². The van der Waals surface area contributed by atoms with Gasteiger partial charge in [-0.05, 0) is 18.6 Å². The summed E-state index contributed by atoms with van der Waals surface area (Å²) in [6.07, 6.45) is 0. The smallest absolute Gasteiger partial charge is 0.261 e. The van der Waals surface area contributed by atoms with Crippen molar-refractivity contribution >= 4 is 27.5 Å². The fourth-order valence-electron chi connectivity index (χ4n) is 1.90. The van der Waals surface area contributed by atoms with E-state index in [-0.39, 0.29) is 4.83 Å². The number of carbonyl (C=O) groups is 1. The minimum absolute atomic E-state index is 0.0584. The number of amides is 1. The summed E-state index contributed by atoms with van der Waals surface area (Å²) in [7, 11) is 0. The van der Waals surface area contributed by atoms with Gasteiger partial charge in [-0.15, -0.1) is 0 Å². The van der Waals surface area contributed by atoms with Crippen molar-refractivity contribution in [2.75, 3.05) is 5.32 Å². The maximum atomic E-state index is 13.6. The molecule has 2 rings (SSSR count). The lowest BCUT2D eigenvalue weighted by Crippen LogP contribution is -2.17. The maximum Gasteiger partial charge on any atom is 0.261 e. The van der Waals surface area contributed by atoms with Gasteiger partial charge in [0.1, 0.15) is 23.0 Å². The van der Waals surface area contributed by atoms with Crippen molar-refractivity contribution in [3.05, 3.63) is 65.0 Å². The summed E-state index contributed by atoms with van der Waals surface area (Å²) in [5, 5.41) is 2.44. The Bertz CT molecular complexity index is 665. The average molecular weight is 358 g/mol. The maximum absolute atomic E-state index is 13.6. The highest BCUT2D eigenvalue weighted by molar-refractivity contribution is 9.09. The molecule has 21 heavy (non-hydrogen) atoms. The molecule has 0 radical (unpaired) electrons. The van der Waals surface area contributed by atoms with Crippen LogP contribution in [0.2, 0.25) is 0 Å². The normalized spacial score (nSPS) is 12.0. The minimum Gasteiger partial charge on any atom is -0.322 e. The first-order valence-corrected chi connectivity index (χ1v) is 7.00. The molecule has 6 heteroatoms. The van der Waals surface area contributed by atoms with Crippen LogP contribution in [0.25, 0.3) is 0 Å². The van der Waals surface area contributed by atoms with E-state index < -0.39 is 28.9 Å². The van der Waals surface area contributed by atoms with E-state index in [9.17, 15) is 18.0 Å². The Labute approximate surface area is 128 Å². The molecule has 1 N–H and O–H groups in total. The third kappa shape index (κ3) is 3.44. The van der Waals surface area contributed by atoms with Crippen LogP contribution in [0.4, 0.5) is 18.9 Å². The van der Waals surface area contributed by atoms with E-state index in [0.29, 0.717) is 17.8 Å². The first-order chi connectivity index (χ1) is 9.90. The molecule has 2 nitrogen and oxygen atoms in total. The van der Waals surface area contributed by atoms with E-state index in [2.05, 4.69) is 21.2 Å². The van der Waals surface area contributed by atoms with Crippen molar-refractivity contribution < 1.29 is 18.0 Å². The highest BCUT2D eigenvalue weighted by Crippen LogP contribution is 2.29. The van der Waals surface area contributed by atoms with Gasteiger partial charge in [0.25, 0.3) is 5.91 Å². The van der Waals surface area contributed by atoms with E-state index in [1.165, 1.54) is 0 Å². The fourth-order valence-corrected chi connectivity index (χ4v) is 2.30. The number of rotatable bonds is 3. The second kappa shape index (κ2) is 6.30. The summed E-state index contributed by atoms with van der Waals surface area (Å²) < 4.78 is 40.0. The number of para-hydroxylation sites is 1. The molecule has 1 atom stereocenters. The molecular weight excluding hydrogens is 347 g/mol. The van der Waals surface area contributed by atoms with Crippen molar-refractivity contribution in [1.29, 1.82) is 0 Å². The summed E-state index contributed by atoms with van der Waals surface area (Å²) in [5.74, 6) is -4.52. The first kappa shape index (κ1) is 15.6. The standard InChI is InChI=1S/C15H11BrF3NO/c1-8(16)10-4-2-3-5-13(10)20-15(21)14-11(18)6-9(17)7-12(14)19/h2-8H,1H3,(H,20,21). The summed E-state index contributed by atoms with van der Waals surface area (Å²) in [6, 6.07) is 7.79. The molecule has 0 aromatic heterocycles. The third-order valence-corrected chi connectivity index (χ3v) is 3.36. The number of hydrogen-bond donors (Lipinski definition) is 1. The molecule has 0 saturated carbocycles. The van der Waals surface area contributed by atoms with Crippen LogP contribution in [-0.2, 0) is 0 Å². The monoisotopic (exact) mass is 357 g/mol. The van der Waals surface area contributed by atoms with Gasteiger partial charge >= 0.3 is 0 Å². The highest BCUT2D eigenvalue weighted by atomic mass is 79.9. The Kier molecular flexibility index (Phi) is 4.67. The minimum atomic E-state index is -1.24. The Morgan fingerprint density at radius 1 is 1.14 bits per heavy atom. The first-order valence-electron chi connectivity index (χ1n) is 6.09. The second-order valence-electron chi connectivity index (χ2n) is 4.40. The third-order valence-electron chi connectivity index (χ3n) is 2.87. The predicted molar refractivity (Wildman–Crippen MR) is 78.1 cm³/mol. The molecule has 0 saturated heterocycles. The van der Waals surface area contributed by atoms with E-state index in [1.807, 2.05) is 6.92 Å². The summed E-state index contributed by atoms with van der Waals surface area (Å²) in [5.41, 5.74) is 0.372. The van der Waals surface area contributed by atoms with Crippen molar-refractivity contribution in [2.45, 2.75) is 11.8 Å². The molecule has 0 aliphatic heterocycles. The summed E-state index contributed by atoms with van der Waals surface area (Å²) >= 11 is 3.37. The Hall–Kier alpha value is -1.82. The zero-order valence-corrected chi connectivity index (χ0v) is 12.5. The molecule has 2 aromatic rings. The van der Waals surface area contributed by atoms with Crippen LogP contribution in [0.3, 0.4) is 0 Å². The van der Waals surface area contributed by atoms with Crippen LogP contribution in [0.1, 0.15) is 27.7 Å². The number of anilines is 1. The lowest BCUT2D eigenvalue weighted by atomic mass is 10.1. The lowest BCUT2D eigenvalue weighted by Gasteiger charge is -2.13. The number of nitrogens with one attached hydrogen (secondary N) is 1. The van der Waals surface area contributed by atoms with Gasteiger partial charge in [0, 0.05) is 22.6 Å². The molecule has 110 valence electrons. The van der Waals surface area contributed by atoms with Gasteiger partial charge in [0.2, 0.25) is 0 Å². The molecule has 0 heterocycles. The molecule has 1 unspecified atom stereocenters. The molecule has 0 spiro atoms. The van der Waals surface area contributed by atoms with Gasteiger partial charge in [-0.3, -0.25) is 4.79 Å². The fraction of sp³-hybridized carbons (Fsp3) is 0.133. The molecule has 0 aliphatic carbocycles. The van der Waals surface area contributed by atoms with Gasteiger partial charge < -0.3 is 5.32 Å². The second-order valence-corrected chi connectivity index (χ2v) is 5.78. The molecule has 1 amide bonds. The number of halogens is 4. The Morgan fingerprint density at radius 3 is 2.29 bits per heavy atom. The van der Waals surface area contributed by atoms with Gasteiger partial charge in [-0.25, -0.2) is 13.2 Å². The summed E-state index contributed by atoms with van der Waals surface area (Å²) in [4.78, 5) is 12.0. The Morgan fingerprint density at radius 2 is 1.71 bits per heavy atom.